The number of likely N-dealkylation sites (N-methyl/N-ethyl adjacent to an activating group) is 1. The van der Waals surface area contributed by atoms with Gasteiger partial charge in [-0.1, -0.05) is 11.6 Å². The number of ether oxygens (including phenoxy) is 1. The number of rotatable bonds is 6. The molecule has 0 bridgehead atoms. The molecule has 0 spiro atoms. The summed E-state index contributed by atoms with van der Waals surface area (Å²) in [5.41, 5.74) is -6.99. The quantitative estimate of drug-likeness (QED) is 0.450. The summed E-state index contributed by atoms with van der Waals surface area (Å²) in [5.74, 6) is -0.385. The molecule has 0 fully saturated rings. The Bertz CT molecular complexity index is 1090. The van der Waals surface area contributed by atoms with Crippen LogP contribution in [0, 0.1) is 0 Å². The number of aromatic nitrogens is 2. The van der Waals surface area contributed by atoms with Gasteiger partial charge in [-0.05, 0) is 33.2 Å². The van der Waals surface area contributed by atoms with Gasteiger partial charge < -0.3 is 9.64 Å². The normalized spacial score (nSPS) is 13.6. The highest BCUT2D eigenvalue weighted by Gasteiger charge is 2.39. The minimum atomic E-state index is -5.29. The van der Waals surface area contributed by atoms with Crippen molar-refractivity contribution in [3.05, 3.63) is 45.7 Å². The Morgan fingerprint density at radius 3 is 2.06 bits per heavy atom. The van der Waals surface area contributed by atoms with Gasteiger partial charge in [-0.15, -0.1) is 0 Å². The van der Waals surface area contributed by atoms with Crippen molar-refractivity contribution in [2.24, 2.45) is 4.99 Å². The lowest BCUT2D eigenvalue weighted by atomic mass is 10.1. The molecule has 34 heavy (non-hydrogen) atoms. The molecule has 0 aliphatic carbocycles. The van der Waals surface area contributed by atoms with Crippen LogP contribution in [0.25, 0.3) is 0 Å². The maximum atomic E-state index is 13.4. The Hall–Kier alpha value is -2.48. The van der Waals surface area contributed by atoms with Crippen molar-refractivity contribution < 1.29 is 44.3 Å². The fourth-order valence-corrected chi connectivity index (χ4v) is 2.90. The zero-order chi connectivity index (χ0) is 26.1. The van der Waals surface area contributed by atoms with Crippen molar-refractivity contribution >= 4 is 17.3 Å². The van der Waals surface area contributed by atoms with Gasteiger partial charge in [-0.3, -0.25) is 4.57 Å². The lowest BCUT2D eigenvalue weighted by molar-refractivity contribution is -0.143. The molecular formula is C19H18ClF9N4O. The van der Waals surface area contributed by atoms with Crippen LogP contribution in [0.2, 0.25) is 5.02 Å². The second-order valence-electron chi connectivity index (χ2n) is 7.14. The number of benzene rings is 1. The van der Waals surface area contributed by atoms with E-state index >= 15 is 0 Å². The molecule has 5 nitrogen and oxygen atoms in total. The number of hydrogen-bond acceptors (Lipinski definition) is 4. The van der Waals surface area contributed by atoms with Crippen molar-refractivity contribution in [2.75, 3.05) is 27.2 Å². The van der Waals surface area contributed by atoms with Gasteiger partial charge in [0.25, 0.3) is 0 Å². The Labute approximate surface area is 192 Å². The van der Waals surface area contributed by atoms with E-state index in [9.17, 15) is 39.5 Å². The lowest BCUT2D eigenvalue weighted by Crippen LogP contribution is -2.30. The average Bonchev–Trinajstić information content (AvgIpc) is 2.66. The van der Waals surface area contributed by atoms with Gasteiger partial charge in [0, 0.05) is 19.2 Å². The summed E-state index contributed by atoms with van der Waals surface area (Å²) in [6.45, 7) is 1.55. The van der Waals surface area contributed by atoms with E-state index < -0.39 is 51.7 Å². The van der Waals surface area contributed by atoms with Gasteiger partial charge in [0.1, 0.15) is 6.61 Å². The van der Waals surface area contributed by atoms with E-state index in [2.05, 4.69) is 9.98 Å². The van der Waals surface area contributed by atoms with Crippen molar-refractivity contribution in [1.29, 1.82) is 0 Å². The van der Waals surface area contributed by atoms with E-state index in [-0.39, 0.29) is 31.2 Å². The largest absolute Gasteiger partial charge is 0.477 e. The first-order chi connectivity index (χ1) is 15.4. The molecule has 2 rings (SSSR count). The first-order valence-corrected chi connectivity index (χ1v) is 9.82. The van der Waals surface area contributed by atoms with Crippen molar-refractivity contribution in [2.45, 2.75) is 32.0 Å². The molecule has 0 saturated carbocycles. The number of halogens is 10. The Morgan fingerprint density at radius 1 is 0.971 bits per heavy atom. The van der Waals surface area contributed by atoms with Crippen LogP contribution in [0.1, 0.15) is 23.7 Å². The highest BCUT2D eigenvalue weighted by Crippen LogP contribution is 2.43. The van der Waals surface area contributed by atoms with Crippen molar-refractivity contribution in [1.82, 2.24) is 14.5 Å². The third kappa shape index (κ3) is 6.78. The number of alkyl halides is 9. The second-order valence-corrected chi connectivity index (χ2v) is 7.52. The number of hydrogen-bond donors (Lipinski definition) is 0. The highest BCUT2D eigenvalue weighted by molar-refractivity contribution is 6.33. The van der Waals surface area contributed by atoms with E-state index in [0.29, 0.717) is 12.6 Å². The molecule has 1 heterocycles. The van der Waals surface area contributed by atoms with E-state index in [4.69, 9.17) is 16.3 Å². The predicted octanol–water partition coefficient (Wildman–Crippen LogP) is 5.79. The van der Waals surface area contributed by atoms with Gasteiger partial charge in [0.05, 0.1) is 21.8 Å². The first kappa shape index (κ1) is 27.8. The van der Waals surface area contributed by atoms with Crippen LogP contribution in [0.5, 0.6) is 5.88 Å². The predicted molar refractivity (Wildman–Crippen MR) is 104 cm³/mol. The first-order valence-electron chi connectivity index (χ1n) is 9.44. The zero-order valence-corrected chi connectivity index (χ0v) is 18.6. The number of nitrogens with zero attached hydrogens (tertiary/aromatic N) is 4. The van der Waals surface area contributed by atoms with Gasteiger partial charge in [0.2, 0.25) is 5.62 Å². The third-order valence-electron chi connectivity index (χ3n) is 4.29. The summed E-state index contributed by atoms with van der Waals surface area (Å²) >= 11 is 5.67. The van der Waals surface area contributed by atoms with E-state index in [1.54, 1.807) is 19.0 Å². The van der Waals surface area contributed by atoms with Gasteiger partial charge in [-0.25, -0.2) is 9.98 Å². The molecule has 190 valence electrons. The fraction of sp³-hybridized carbons (Fsp3) is 0.474. The molecule has 1 aromatic heterocycles. The smallest absolute Gasteiger partial charge is 0.433 e. The summed E-state index contributed by atoms with van der Waals surface area (Å²) in [4.78, 5) is 8.54. The standard InChI is InChI=1S/C19H18ClF9N4O/c1-4-33-14(34-6-5-32(2)3)9-13(19(27,28)29)31-16(33)30-12-8-10(17(21,22)23)7-11(15(12)20)18(24,25)26/h7-9H,4-6H2,1-3H3. The molecule has 2 aromatic rings. The summed E-state index contributed by atoms with van der Waals surface area (Å²) < 4.78 is 126. The van der Waals surface area contributed by atoms with Crippen LogP contribution in [-0.2, 0) is 25.1 Å². The van der Waals surface area contributed by atoms with Crippen molar-refractivity contribution in [3.63, 3.8) is 0 Å². The maximum Gasteiger partial charge on any atom is 0.433 e. The molecule has 0 aliphatic heterocycles. The molecule has 0 aliphatic rings. The fourth-order valence-electron chi connectivity index (χ4n) is 2.64. The third-order valence-corrected chi connectivity index (χ3v) is 4.69. The van der Waals surface area contributed by atoms with Gasteiger partial charge in [0.15, 0.2) is 11.6 Å². The van der Waals surface area contributed by atoms with Crippen molar-refractivity contribution in [3.8, 4) is 5.88 Å². The molecule has 0 unspecified atom stereocenters. The summed E-state index contributed by atoms with van der Waals surface area (Å²) in [6, 6.07) is 0.559. The summed E-state index contributed by atoms with van der Waals surface area (Å²) in [5, 5.41) is -1.22. The Morgan fingerprint density at radius 2 is 1.59 bits per heavy atom. The lowest BCUT2D eigenvalue weighted by Gasteiger charge is -2.18. The SMILES string of the molecule is CCn1c(OCCN(C)C)cc(C(F)(F)F)nc1=Nc1cc(C(F)(F)F)cc(C(F)(F)F)c1Cl. The molecule has 0 atom stereocenters. The molecule has 0 amide bonds. The molecule has 0 radical (unpaired) electrons. The van der Waals surface area contributed by atoms with Crippen LogP contribution in [-0.4, -0.2) is 41.7 Å². The average molecular weight is 525 g/mol. The van der Waals surface area contributed by atoms with Crippen LogP contribution in [0.15, 0.2) is 23.2 Å². The molecule has 0 N–H and O–H groups in total. The monoisotopic (exact) mass is 524 g/mol. The molecule has 0 saturated heterocycles. The summed E-state index contributed by atoms with van der Waals surface area (Å²) in [6.07, 6.45) is -15.5. The van der Waals surface area contributed by atoms with Gasteiger partial charge in [-0.2, -0.15) is 39.5 Å². The van der Waals surface area contributed by atoms with E-state index in [0.717, 1.165) is 4.57 Å². The molecular weight excluding hydrogens is 507 g/mol. The Kier molecular flexibility index (Phi) is 8.18. The van der Waals surface area contributed by atoms with E-state index in [1.165, 1.54) is 6.92 Å². The maximum absolute atomic E-state index is 13.4. The summed E-state index contributed by atoms with van der Waals surface area (Å²) in [7, 11) is 3.36. The Balaban J connectivity index is 2.86. The van der Waals surface area contributed by atoms with Crippen LogP contribution in [0.4, 0.5) is 45.2 Å². The highest BCUT2D eigenvalue weighted by atomic mass is 35.5. The zero-order valence-electron chi connectivity index (χ0n) is 17.8. The topological polar surface area (TPSA) is 42.6 Å². The van der Waals surface area contributed by atoms with E-state index in [1.807, 2.05) is 0 Å². The van der Waals surface area contributed by atoms with Gasteiger partial charge >= 0.3 is 18.5 Å². The van der Waals surface area contributed by atoms with Crippen LogP contribution in [0.3, 0.4) is 0 Å². The molecule has 1 aromatic carbocycles. The molecule has 15 heteroatoms. The second kappa shape index (κ2) is 10.0. The van der Waals surface area contributed by atoms with Crippen LogP contribution >= 0.6 is 11.6 Å². The minimum absolute atomic E-state index is 0.0731. The minimum Gasteiger partial charge on any atom is -0.477 e. The van der Waals surface area contributed by atoms with Crippen LogP contribution < -0.4 is 10.4 Å².